The highest BCUT2D eigenvalue weighted by molar-refractivity contribution is 6.30. The minimum Gasteiger partial charge on any atom is -0.396 e. The number of pyridine rings is 1. The summed E-state index contributed by atoms with van der Waals surface area (Å²) in [6, 6.07) is 1.29. The molecule has 0 aromatic carbocycles. The molecule has 1 aromatic heterocycles. The zero-order valence-corrected chi connectivity index (χ0v) is 10.3. The van der Waals surface area contributed by atoms with Crippen LogP contribution in [0.25, 0.3) is 0 Å². The fourth-order valence-corrected chi connectivity index (χ4v) is 2.46. The first-order chi connectivity index (χ1) is 8.20. The number of aliphatic hydroxyl groups is 1. The van der Waals surface area contributed by atoms with Gasteiger partial charge in [0.05, 0.1) is 5.02 Å². The highest BCUT2D eigenvalue weighted by Gasteiger charge is 2.22. The molecule has 0 saturated carbocycles. The van der Waals surface area contributed by atoms with E-state index in [-0.39, 0.29) is 12.4 Å². The molecule has 3 nitrogen and oxygen atoms in total. The number of piperidine rings is 1. The summed E-state index contributed by atoms with van der Waals surface area (Å²) >= 11 is 5.68. The average molecular weight is 259 g/mol. The van der Waals surface area contributed by atoms with Crippen LogP contribution in [0.3, 0.4) is 0 Å². The lowest BCUT2D eigenvalue weighted by atomic mass is 9.95. The second kappa shape index (κ2) is 5.65. The maximum atomic E-state index is 13.7. The van der Waals surface area contributed by atoms with Crippen molar-refractivity contribution in [3.8, 4) is 0 Å². The second-order valence-corrected chi connectivity index (χ2v) is 4.86. The fraction of sp³-hybridized carbons (Fsp3) is 0.583. The standard InChI is InChI=1S/C12H16ClFN2O/c13-10-6-11(14)12(15-7-10)16-4-1-2-9(8-16)3-5-17/h6-7,9,17H,1-5,8H2. The van der Waals surface area contributed by atoms with Crippen LogP contribution in [0.15, 0.2) is 12.3 Å². The molecule has 1 aliphatic rings. The number of hydrogen-bond donors (Lipinski definition) is 1. The minimum atomic E-state index is -0.373. The number of nitrogens with zero attached hydrogens (tertiary/aromatic N) is 2. The van der Waals surface area contributed by atoms with Crippen LogP contribution < -0.4 is 4.90 Å². The third kappa shape index (κ3) is 3.07. The topological polar surface area (TPSA) is 36.4 Å². The normalized spacial score (nSPS) is 20.6. The Morgan fingerprint density at radius 2 is 2.41 bits per heavy atom. The molecule has 1 fully saturated rings. The summed E-state index contributed by atoms with van der Waals surface area (Å²) in [5.41, 5.74) is 0. The highest BCUT2D eigenvalue weighted by Crippen LogP contribution is 2.26. The van der Waals surface area contributed by atoms with E-state index in [1.54, 1.807) is 0 Å². The largest absolute Gasteiger partial charge is 0.396 e. The molecule has 94 valence electrons. The summed E-state index contributed by atoms with van der Waals surface area (Å²) in [5.74, 6) is 0.421. The average Bonchev–Trinajstić information content (AvgIpc) is 2.29. The van der Waals surface area contributed by atoms with Crippen LogP contribution in [-0.4, -0.2) is 29.8 Å². The van der Waals surface area contributed by atoms with Crippen molar-refractivity contribution in [3.05, 3.63) is 23.1 Å². The summed E-state index contributed by atoms with van der Waals surface area (Å²) in [6.07, 6.45) is 4.34. The number of anilines is 1. The van der Waals surface area contributed by atoms with Crippen molar-refractivity contribution in [3.63, 3.8) is 0 Å². The van der Waals surface area contributed by atoms with Crippen LogP contribution >= 0.6 is 11.6 Å². The maximum Gasteiger partial charge on any atom is 0.167 e. The first-order valence-electron chi connectivity index (χ1n) is 5.87. The quantitative estimate of drug-likeness (QED) is 0.905. The van der Waals surface area contributed by atoms with Crippen molar-refractivity contribution in [1.82, 2.24) is 4.98 Å². The number of hydrogen-bond acceptors (Lipinski definition) is 3. The summed E-state index contributed by atoms with van der Waals surface area (Å²) in [7, 11) is 0. The van der Waals surface area contributed by atoms with Crippen LogP contribution in [0.1, 0.15) is 19.3 Å². The van der Waals surface area contributed by atoms with Crippen LogP contribution in [-0.2, 0) is 0 Å². The Labute approximate surface area is 105 Å². The van der Waals surface area contributed by atoms with E-state index >= 15 is 0 Å². The molecule has 1 aromatic rings. The zero-order chi connectivity index (χ0) is 12.3. The van der Waals surface area contributed by atoms with Gasteiger partial charge in [0.2, 0.25) is 0 Å². The summed E-state index contributed by atoms with van der Waals surface area (Å²) in [6.45, 7) is 1.76. The molecule has 1 atom stereocenters. The highest BCUT2D eigenvalue weighted by atomic mass is 35.5. The van der Waals surface area contributed by atoms with Gasteiger partial charge in [-0.1, -0.05) is 11.6 Å². The van der Waals surface area contributed by atoms with Gasteiger partial charge in [0, 0.05) is 25.9 Å². The van der Waals surface area contributed by atoms with E-state index in [1.807, 2.05) is 4.90 Å². The van der Waals surface area contributed by atoms with Gasteiger partial charge >= 0.3 is 0 Å². The third-order valence-electron chi connectivity index (χ3n) is 3.14. The minimum absolute atomic E-state index is 0.190. The van der Waals surface area contributed by atoms with Crippen molar-refractivity contribution in [2.45, 2.75) is 19.3 Å². The molecule has 0 radical (unpaired) electrons. The smallest absolute Gasteiger partial charge is 0.167 e. The monoisotopic (exact) mass is 258 g/mol. The maximum absolute atomic E-state index is 13.7. The van der Waals surface area contributed by atoms with Gasteiger partial charge in [-0.3, -0.25) is 0 Å². The van der Waals surface area contributed by atoms with E-state index < -0.39 is 0 Å². The van der Waals surface area contributed by atoms with E-state index in [2.05, 4.69) is 4.98 Å². The molecule has 0 amide bonds. The predicted octanol–water partition coefficient (Wildman–Crippen LogP) is 2.47. The molecule has 1 aliphatic heterocycles. The van der Waals surface area contributed by atoms with E-state index in [0.29, 0.717) is 16.8 Å². The van der Waals surface area contributed by atoms with Gasteiger partial charge in [-0.05, 0) is 31.2 Å². The van der Waals surface area contributed by atoms with Crippen molar-refractivity contribution in [2.75, 3.05) is 24.6 Å². The van der Waals surface area contributed by atoms with Gasteiger partial charge in [-0.25, -0.2) is 9.37 Å². The van der Waals surface area contributed by atoms with E-state index in [1.165, 1.54) is 12.3 Å². The van der Waals surface area contributed by atoms with Crippen LogP contribution in [0.5, 0.6) is 0 Å². The summed E-state index contributed by atoms with van der Waals surface area (Å²) < 4.78 is 13.7. The lowest BCUT2D eigenvalue weighted by Gasteiger charge is -2.33. The van der Waals surface area contributed by atoms with E-state index in [4.69, 9.17) is 16.7 Å². The zero-order valence-electron chi connectivity index (χ0n) is 9.57. The number of halogens is 2. The summed E-state index contributed by atoms with van der Waals surface area (Å²) in [4.78, 5) is 5.99. The molecule has 17 heavy (non-hydrogen) atoms. The molecule has 1 saturated heterocycles. The Morgan fingerprint density at radius 3 is 3.12 bits per heavy atom. The molecule has 2 heterocycles. The lowest BCUT2D eigenvalue weighted by molar-refractivity contribution is 0.244. The number of aliphatic hydroxyl groups excluding tert-OH is 1. The van der Waals surface area contributed by atoms with Crippen molar-refractivity contribution in [1.29, 1.82) is 0 Å². The Morgan fingerprint density at radius 1 is 1.59 bits per heavy atom. The molecule has 2 rings (SSSR count). The second-order valence-electron chi connectivity index (χ2n) is 4.43. The molecular weight excluding hydrogens is 243 g/mol. The molecular formula is C12H16ClFN2O. The molecule has 5 heteroatoms. The predicted molar refractivity (Wildman–Crippen MR) is 65.8 cm³/mol. The Balaban J connectivity index is 2.10. The molecule has 0 bridgehead atoms. The van der Waals surface area contributed by atoms with Crippen LogP contribution in [0.2, 0.25) is 5.02 Å². The number of rotatable bonds is 3. The van der Waals surface area contributed by atoms with Crippen molar-refractivity contribution in [2.24, 2.45) is 5.92 Å². The van der Waals surface area contributed by atoms with Gasteiger partial charge in [0.25, 0.3) is 0 Å². The van der Waals surface area contributed by atoms with Crippen LogP contribution in [0, 0.1) is 11.7 Å². The Bertz CT molecular complexity index is 387. The van der Waals surface area contributed by atoms with Gasteiger partial charge in [-0.2, -0.15) is 0 Å². The third-order valence-corrected chi connectivity index (χ3v) is 3.35. The Hall–Kier alpha value is -0.870. The van der Waals surface area contributed by atoms with Gasteiger partial charge in [0.1, 0.15) is 0 Å². The first kappa shape index (κ1) is 12.6. The Kier molecular flexibility index (Phi) is 4.18. The van der Waals surface area contributed by atoms with Gasteiger partial charge in [-0.15, -0.1) is 0 Å². The lowest BCUT2D eigenvalue weighted by Crippen LogP contribution is -2.36. The van der Waals surface area contributed by atoms with Crippen molar-refractivity contribution < 1.29 is 9.50 Å². The summed E-state index contributed by atoms with van der Waals surface area (Å²) in [5, 5.41) is 9.26. The van der Waals surface area contributed by atoms with Gasteiger partial charge in [0.15, 0.2) is 11.6 Å². The molecule has 0 spiro atoms. The van der Waals surface area contributed by atoms with Crippen molar-refractivity contribution >= 4 is 17.4 Å². The van der Waals surface area contributed by atoms with E-state index in [9.17, 15) is 4.39 Å². The van der Waals surface area contributed by atoms with Crippen LogP contribution in [0.4, 0.5) is 10.2 Å². The first-order valence-corrected chi connectivity index (χ1v) is 6.25. The molecule has 1 N–H and O–H groups in total. The molecule has 1 unspecified atom stereocenters. The van der Waals surface area contributed by atoms with E-state index in [0.717, 1.165) is 32.4 Å². The number of aromatic nitrogens is 1. The van der Waals surface area contributed by atoms with Gasteiger partial charge < -0.3 is 10.0 Å². The molecule has 0 aliphatic carbocycles. The fourth-order valence-electron chi connectivity index (χ4n) is 2.32. The SMILES string of the molecule is OCCC1CCCN(c2ncc(Cl)cc2F)C1.